The molecule has 3 aliphatic rings. The van der Waals surface area contributed by atoms with Crippen LogP contribution < -0.4 is 5.32 Å². The van der Waals surface area contributed by atoms with Crippen LogP contribution >= 0.6 is 0 Å². The zero-order valence-corrected chi connectivity index (χ0v) is 16.4. The van der Waals surface area contributed by atoms with Crippen molar-refractivity contribution in [2.45, 2.75) is 56.9 Å². The highest BCUT2D eigenvalue weighted by Crippen LogP contribution is 2.44. The highest BCUT2D eigenvalue weighted by Gasteiger charge is 2.42. The Morgan fingerprint density at radius 3 is 2.75 bits per heavy atom. The van der Waals surface area contributed by atoms with Crippen molar-refractivity contribution in [3.8, 4) is 0 Å². The van der Waals surface area contributed by atoms with Gasteiger partial charge >= 0.3 is 0 Å². The number of carbonyl (C=O) groups is 1. The maximum atomic E-state index is 13.4. The fourth-order valence-electron chi connectivity index (χ4n) is 5.62. The summed E-state index contributed by atoms with van der Waals surface area (Å²) in [5, 5.41) is 3.36. The molecule has 2 fully saturated rings. The zero-order valence-electron chi connectivity index (χ0n) is 16.4. The molecule has 1 saturated heterocycles. The van der Waals surface area contributed by atoms with Gasteiger partial charge in [0.1, 0.15) is 11.5 Å². The summed E-state index contributed by atoms with van der Waals surface area (Å²) in [5.41, 5.74) is 3.29. The second kappa shape index (κ2) is 7.57. The van der Waals surface area contributed by atoms with Crippen LogP contribution in [0.5, 0.6) is 0 Å². The van der Waals surface area contributed by atoms with E-state index in [9.17, 15) is 4.79 Å². The Morgan fingerprint density at radius 2 is 1.86 bits per heavy atom. The van der Waals surface area contributed by atoms with Crippen molar-refractivity contribution in [1.82, 2.24) is 9.88 Å². The molecule has 1 aromatic carbocycles. The van der Waals surface area contributed by atoms with Crippen molar-refractivity contribution in [3.05, 3.63) is 59.3 Å². The van der Waals surface area contributed by atoms with Crippen LogP contribution in [-0.2, 0) is 6.42 Å². The van der Waals surface area contributed by atoms with Gasteiger partial charge in [-0.15, -0.1) is 0 Å². The normalized spacial score (nSPS) is 26.7. The number of pyridine rings is 1. The van der Waals surface area contributed by atoms with Crippen molar-refractivity contribution < 1.29 is 4.79 Å². The Hall–Kier alpha value is -2.36. The predicted molar refractivity (Wildman–Crippen MR) is 112 cm³/mol. The average Bonchev–Trinajstić information content (AvgIpc) is 2.78. The maximum Gasteiger partial charge on any atom is 0.272 e. The first-order valence-corrected chi connectivity index (χ1v) is 10.9. The number of fused-ring (bicyclic) bond motifs is 2. The largest absolute Gasteiger partial charge is 0.370 e. The standard InChI is InChI=1S/C24H29N3O/c28-24(21-13-12-18-9-6-15-25-23(18)26-21)27-16-14-19(17-7-2-1-3-8-17)20-10-4-5-11-22(20)27/h1-3,7-8,12-13,19-20,22H,4-6,9-11,14-16H2,(H,25,26)/t19-,20-,22-/m1/s1. The summed E-state index contributed by atoms with van der Waals surface area (Å²) in [6.07, 6.45) is 8.12. The van der Waals surface area contributed by atoms with Crippen molar-refractivity contribution in [2.75, 3.05) is 18.4 Å². The van der Waals surface area contributed by atoms with Crippen LogP contribution in [0.25, 0.3) is 0 Å². The molecular formula is C24H29N3O. The van der Waals surface area contributed by atoms with E-state index in [0.717, 1.165) is 44.6 Å². The summed E-state index contributed by atoms with van der Waals surface area (Å²) >= 11 is 0. The van der Waals surface area contributed by atoms with E-state index < -0.39 is 0 Å². The minimum Gasteiger partial charge on any atom is -0.370 e. The van der Waals surface area contributed by atoms with E-state index in [-0.39, 0.29) is 5.91 Å². The maximum absolute atomic E-state index is 13.4. The minimum atomic E-state index is 0.124. The lowest BCUT2D eigenvalue weighted by molar-refractivity contribution is 0.0314. The van der Waals surface area contributed by atoms with Gasteiger partial charge < -0.3 is 10.2 Å². The summed E-state index contributed by atoms with van der Waals surface area (Å²) in [4.78, 5) is 20.3. The number of anilines is 1. The quantitative estimate of drug-likeness (QED) is 0.832. The third-order valence-corrected chi connectivity index (χ3v) is 6.98. The van der Waals surface area contributed by atoms with Gasteiger partial charge in [-0.1, -0.05) is 49.2 Å². The first kappa shape index (κ1) is 17.7. The Labute approximate surface area is 167 Å². The molecule has 3 heterocycles. The molecule has 0 spiro atoms. The van der Waals surface area contributed by atoms with Crippen LogP contribution in [0.3, 0.4) is 0 Å². The van der Waals surface area contributed by atoms with E-state index in [2.05, 4.69) is 46.6 Å². The molecule has 28 heavy (non-hydrogen) atoms. The molecule has 1 aromatic heterocycles. The molecule has 0 bridgehead atoms. The smallest absolute Gasteiger partial charge is 0.272 e. The Bertz CT molecular complexity index is 850. The predicted octanol–water partition coefficient (Wildman–Crippen LogP) is 4.63. The van der Waals surface area contributed by atoms with Crippen LogP contribution in [0.15, 0.2) is 42.5 Å². The molecule has 2 aromatic rings. The third kappa shape index (κ3) is 3.19. The zero-order chi connectivity index (χ0) is 18.9. The van der Waals surface area contributed by atoms with Crippen molar-refractivity contribution in [2.24, 2.45) is 5.92 Å². The van der Waals surface area contributed by atoms with Crippen LogP contribution in [0.2, 0.25) is 0 Å². The minimum absolute atomic E-state index is 0.124. The number of rotatable bonds is 2. The van der Waals surface area contributed by atoms with Crippen LogP contribution in [0.4, 0.5) is 5.82 Å². The molecule has 0 radical (unpaired) electrons. The van der Waals surface area contributed by atoms with E-state index in [1.54, 1.807) is 0 Å². The molecular weight excluding hydrogens is 346 g/mol. The Kier molecular flexibility index (Phi) is 4.79. The number of aryl methyl sites for hydroxylation is 1. The van der Waals surface area contributed by atoms with Crippen LogP contribution in [0.1, 0.15) is 66.1 Å². The lowest BCUT2D eigenvalue weighted by Gasteiger charge is -2.48. The molecule has 146 valence electrons. The molecule has 1 amide bonds. The summed E-state index contributed by atoms with van der Waals surface area (Å²) in [6.45, 7) is 1.79. The van der Waals surface area contributed by atoms with E-state index in [0.29, 0.717) is 23.6 Å². The summed E-state index contributed by atoms with van der Waals surface area (Å²) in [7, 11) is 0. The SMILES string of the molecule is O=C(c1ccc2c(n1)NCCC2)N1CC[C@H](c2ccccc2)[C@H]2CCCC[C@H]21. The number of piperidine rings is 1. The number of amides is 1. The van der Waals surface area contributed by atoms with Crippen molar-refractivity contribution >= 4 is 11.7 Å². The highest BCUT2D eigenvalue weighted by molar-refractivity contribution is 5.93. The molecule has 0 unspecified atom stereocenters. The Morgan fingerprint density at radius 1 is 1.00 bits per heavy atom. The lowest BCUT2D eigenvalue weighted by Crippen LogP contribution is -2.52. The van der Waals surface area contributed by atoms with Crippen LogP contribution in [-0.4, -0.2) is 34.9 Å². The van der Waals surface area contributed by atoms with Gasteiger partial charge in [-0.3, -0.25) is 4.79 Å². The second-order valence-electron chi connectivity index (χ2n) is 8.55. The average molecular weight is 376 g/mol. The van der Waals surface area contributed by atoms with Crippen molar-refractivity contribution in [3.63, 3.8) is 0 Å². The van der Waals surface area contributed by atoms with E-state index >= 15 is 0 Å². The number of nitrogens with zero attached hydrogens (tertiary/aromatic N) is 2. The molecule has 4 nitrogen and oxygen atoms in total. The van der Waals surface area contributed by atoms with Gasteiger partial charge in [0.25, 0.3) is 5.91 Å². The monoisotopic (exact) mass is 375 g/mol. The molecule has 5 rings (SSSR count). The molecule has 1 N–H and O–H groups in total. The van der Waals surface area contributed by atoms with Gasteiger partial charge in [-0.2, -0.15) is 0 Å². The summed E-state index contributed by atoms with van der Waals surface area (Å²) < 4.78 is 0. The second-order valence-corrected chi connectivity index (χ2v) is 8.55. The van der Waals surface area contributed by atoms with E-state index in [1.807, 2.05) is 6.07 Å². The van der Waals surface area contributed by atoms with Gasteiger partial charge in [0, 0.05) is 19.1 Å². The number of hydrogen-bond acceptors (Lipinski definition) is 3. The lowest BCUT2D eigenvalue weighted by atomic mass is 9.69. The number of likely N-dealkylation sites (tertiary alicyclic amines) is 1. The molecule has 2 aliphatic heterocycles. The Balaban J connectivity index is 1.40. The number of aromatic nitrogens is 1. The van der Waals surface area contributed by atoms with E-state index in [1.165, 1.54) is 30.4 Å². The fraction of sp³-hybridized carbons (Fsp3) is 0.500. The van der Waals surface area contributed by atoms with Gasteiger partial charge in [-0.25, -0.2) is 4.98 Å². The topological polar surface area (TPSA) is 45.2 Å². The molecule has 1 saturated carbocycles. The van der Waals surface area contributed by atoms with E-state index in [4.69, 9.17) is 4.98 Å². The highest BCUT2D eigenvalue weighted by atomic mass is 16.2. The van der Waals surface area contributed by atoms with Gasteiger partial charge in [0.15, 0.2) is 0 Å². The first-order valence-electron chi connectivity index (χ1n) is 10.9. The summed E-state index contributed by atoms with van der Waals surface area (Å²) in [5.74, 6) is 2.19. The number of nitrogens with one attached hydrogen (secondary N) is 1. The number of benzene rings is 1. The number of hydrogen-bond donors (Lipinski definition) is 1. The van der Waals surface area contributed by atoms with Crippen molar-refractivity contribution in [1.29, 1.82) is 0 Å². The van der Waals surface area contributed by atoms with Crippen LogP contribution in [0, 0.1) is 5.92 Å². The van der Waals surface area contributed by atoms with Gasteiger partial charge in [-0.05, 0) is 61.1 Å². The molecule has 4 heteroatoms. The number of carbonyl (C=O) groups excluding carboxylic acids is 1. The summed E-state index contributed by atoms with van der Waals surface area (Å²) in [6, 6.07) is 15.3. The van der Waals surface area contributed by atoms with Gasteiger partial charge in [0.2, 0.25) is 0 Å². The van der Waals surface area contributed by atoms with Gasteiger partial charge in [0.05, 0.1) is 0 Å². The molecule has 3 atom stereocenters. The fourth-order valence-corrected chi connectivity index (χ4v) is 5.62. The first-order chi connectivity index (χ1) is 13.8. The molecule has 1 aliphatic carbocycles. The third-order valence-electron chi connectivity index (χ3n) is 6.98.